The largest absolute Gasteiger partial charge is 0.494 e. The summed E-state index contributed by atoms with van der Waals surface area (Å²) in [6.07, 6.45) is 2.72. The number of ether oxygens (including phenoxy) is 1. The minimum atomic E-state index is 0.494. The van der Waals surface area contributed by atoms with E-state index in [-0.39, 0.29) is 0 Å². The van der Waals surface area contributed by atoms with E-state index < -0.39 is 0 Å². The second-order valence-corrected chi connectivity index (χ2v) is 6.60. The first-order chi connectivity index (χ1) is 10.2. The van der Waals surface area contributed by atoms with Gasteiger partial charge in [-0.25, -0.2) is 0 Å². The fourth-order valence-electron chi connectivity index (χ4n) is 4.32. The molecule has 116 valence electrons. The highest BCUT2D eigenvalue weighted by Crippen LogP contribution is 2.41. The molecule has 3 heterocycles. The van der Waals surface area contributed by atoms with E-state index in [2.05, 4.69) is 30.0 Å². The molecule has 21 heavy (non-hydrogen) atoms. The molecule has 0 aromatic heterocycles. The van der Waals surface area contributed by atoms with Crippen LogP contribution in [-0.2, 0) is 0 Å². The molecule has 0 aliphatic carbocycles. The average molecular weight is 288 g/mol. The van der Waals surface area contributed by atoms with Gasteiger partial charge < -0.3 is 15.4 Å². The first-order valence-corrected chi connectivity index (χ1v) is 8.38. The van der Waals surface area contributed by atoms with Crippen LogP contribution >= 0.6 is 0 Å². The Morgan fingerprint density at radius 1 is 1.33 bits per heavy atom. The Hall–Kier alpha value is -1.06. The van der Waals surface area contributed by atoms with Crippen LogP contribution in [0.15, 0.2) is 18.2 Å². The number of piperidine rings is 3. The number of nitrogens with two attached hydrogens (primary N) is 1. The molecule has 0 saturated carbocycles. The molecule has 3 nitrogen and oxygen atoms in total. The summed E-state index contributed by atoms with van der Waals surface area (Å²) in [6, 6.07) is 6.52. The summed E-state index contributed by atoms with van der Waals surface area (Å²) in [5, 5.41) is 0. The Balaban J connectivity index is 1.83. The fraction of sp³-hybridized carbons (Fsp3) is 0.667. The van der Waals surface area contributed by atoms with E-state index >= 15 is 0 Å². The third-order valence-corrected chi connectivity index (χ3v) is 5.43. The standard InChI is InChI=1S/C18H28N2O/c1-3-21-15-4-5-16(13(2)10-15)17(11-19)18-12-20-8-6-14(18)7-9-20/h4-5,10,14,17-18H,3,6-9,11-12,19H2,1-2H3. The minimum absolute atomic E-state index is 0.494. The van der Waals surface area contributed by atoms with Crippen molar-refractivity contribution < 1.29 is 4.74 Å². The number of benzene rings is 1. The average Bonchev–Trinajstić information content (AvgIpc) is 2.52. The van der Waals surface area contributed by atoms with E-state index in [1.54, 1.807) is 0 Å². The zero-order valence-corrected chi connectivity index (χ0v) is 13.3. The highest BCUT2D eigenvalue weighted by molar-refractivity contribution is 5.37. The number of hydrogen-bond donors (Lipinski definition) is 1. The van der Waals surface area contributed by atoms with Gasteiger partial charge >= 0.3 is 0 Å². The van der Waals surface area contributed by atoms with Gasteiger partial charge in [0.25, 0.3) is 0 Å². The predicted molar refractivity (Wildman–Crippen MR) is 86.8 cm³/mol. The van der Waals surface area contributed by atoms with Gasteiger partial charge in [0.2, 0.25) is 0 Å². The van der Waals surface area contributed by atoms with Crippen LogP contribution in [-0.4, -0.2) is 37.7 Å². The first-order valence-electron chi connectivity index (χ1n) is 8.38. The normalized spacial score (nSPS) is 29.4. The maximum absolute atomic E-state index is 6.18. The van der Waals surface area contributed by atoms with Crippen LogP contribution in [0.4, 0.5) is 0 Å². The SMILES string of the molecule is CCOc1ccc(C(CN)C2CN3CCC2CC3)c(C)c1. The summed E-state index contributed by atoms with van der Waals surface area (Å²) in [5.41, 5.74) is 8.94. The summed E-state index contributed by atoms with van der Waals surface area (Å²) < 4.78 is 5.61. The maximum atomic E-state index is 6.18. The van der Waals surface area contributed by atoms with Crippen molar-refractivity contribution >= 4 is 0 Å². The van der Waals surface area contributed by atoms with Crippen LogP contribution in [0.25, 0.3) is 0 Å². The highest BCUT2D eigenvalue weighted by atomic mass is 16.5. The van der Waals surface area contributed by atoms with Crippen molar-refractivity contribution in [2.24, 2.45) is 17.6 Å². The van der Waals surface area contributed by atoms with Crippen molar-refractivity contribution in [3.05, 3.63) is 29.3 Å². The Morgan fingerprint density at radius 2 is 2.10 bits per heavy atom. The number of rotatable bonds is 5. The number of aryl methyl sites for hydroxylation is 1. The monoisotopic (exact) mass is 288 g/mol. The summed E-state index contributed by atoms with van der Waals surface area (Å²) in [4.78, 5) is 2.62. The molecule has 0 amide bonds. The van der Waals surface area contributed by atoms with Gasteiger partial charge in [-0.05, 0) is 81.4 Å². The molecule has 2 atom stereocenters. The lowest BCUT2D eigenvalue weighted by Gasteiger charge is -2.48. The zero-order valence-electron chi connectivity index (χ0n) is 13.3. The van der Waals surface area contributed by atoms with Crippen molar-refractivity contribution in [2.75, 3.05) is 32.8 Å². The lowest BCUT2D eigenvalue weighted by molar-refractivity contribution is 0.0378. The zero-order chi connectivity index (χ0) is 14.8. The Labute approximate surface area is 128 Å². The van der Waals surface area contributed by atoms with Gasteiger partial charge in [-0.1, -0.05) is 6.07 Å². The van der Waals surface area contributed by atoms with E-state index in [1.807, 2.05) is 6.92 Å². The Bertz CT molecular complexity index is 480. The molecule has 0 spiro atoms. The number of fused-ring (bicyclic) bond motifs is 3. The third-order valence-electron chi connectivity index (χ3n) is 5.43. The molecule has 2 unspecified atom stereocenters. The molecule has 2 bridgehead atoms. The van der Waals surface area contributed by atoms with Crippen LogP contribution in [0.1, 0.15) is 36.8 Å². The van der Waals surface area contributed by atoms with E-state index in [1.165, 1.54) is 43.6 Å². The summed E-state index contributed by atoms with van der Waals surface area (Å²) in [7, 11) is 0. The van der Waals surface area contributed by atoms with Gasteiger partial charge in [-0.2, -0.15) is 0 Å². The van der Waals surface area contributed by atoms with Crippen molar-refractivity contribution in [2.45, 2.75) is 32.6 Å². The van der Waals surface area contributed by atoms with Crippen molar-refractivity contribution in [1.82, 2.24) is 4.90 Å². The smallest absolute Gasteiger partial charge is 0.119 e. The molecule has 3 aliphatic rings. The second-order valence-electron chi connectivity index (χ2n) is 6.60. The Morgan fingerprint density at radius 3 is 2.62 bits per heavy atom. The number of nitrogens with zero attached hydrogens (tertiary/aromatic N) is 1. The van der Waals surface area contributed by atoms with Crippen LogP contribution < -0.4 is 10.5 Å². The van der Waals surface area contributed by atoms with Gasteiger partial charge in [0.15, 0.2) is 0 Å². The molecule has 3 fully saturated rings. The van der Waals surface area contributed by atoms with E-state index in [0.717, 1.165) is 30.7 Å². The van der Waals surface area contributed by atoms with Gasteiger partial charge in [0.1, 0.15) is 5.75 Å². The molecule has 4 rings (SSSR count). The molecular formula is C18H28N2O. The predicted octanol–water partition coefficient (Wildman–Crippen LogP) is 2.78. The summed E-state index contributed by atoms with van der Waals surface area (Å²) >= 11 is 0. The lowest BCUT2D eigenvalue weighted by atomic mass is 9.70. The highest BCUT2D eigenvalue weighted by Gasteiger charge is 2.38. The minimum Gasteiger partial charge on any atom is -0.494 e. The topological polar surface area (TPSA) is 38.5 Å². The quantitative estimate of drug-likeness (QED) is 0.905. The van der Waals surface area contributed by atoms with Crippen LogP contribution in [0.3, 0.4) is 0 Å². The fourth-order valence-corrected chi connectivity index (χ4v) is 4.32. The molecule has 3 heteroatoms. The van der Waals surface area contributed by atoms with Crippen LogP contribution in [0, 0.1) is 18.8 Å². The summed E-state index contributed by atoms with van der Waals surface area (Å²) in [5.74, 6) is 3.07. The second kappa shape index (κ2) is 6.37. The van der Waals surface area contributed by atoms with E-state index in [4.69, 9.17) is 10.5 Å². The van der Waals surface area contributed by atoms with Crippen molar-refractivity contribution in [3.63, 3.8) is 0 Å². The van der Waals surface area contributed by atoms with Crippen LogP contribution in [0.5, 0.6) is 5.75 Å². The molecule has 1 aromatic carbocycles. The molecule has 2 N–H and O–H groups in total. The van der Waals surface area contributed by atoms with Crippen molar-refractivity contribution in [3.8, 4) is 5.75 Å². The molecular weight excluding hydrogens is 260 g/mol. The molecule has 0 radical (unpaired) electrons. The summed E-state index contributed by atoms with van der Waals surface area (Å²) in [6.45, 7) is 9.52. The first kappa shape index (κ1) is 14.9. The van der Waals surface area contributed by atoms with Gasteiger partial charge in [-0.15, -0.1) is 0 Å². The van der Waals surface area contributed by atoms with Crippen molar-refractivity contribution in [1.29, 1.82) is 0 Å². The maximum Gasteiger partial charge on any atom is 0.119 e. The molecule has 3 aliphatic heterocycles. The molecule has 3 saturated heterocycles. The van der Waals surface area contributed by atoms with Gasteiger partial charge in [0, 0.05) is 12.5 Å². The van der Waals surface area contributed by atoms with Gasteiger partial charge in [-0.3, -0.25) is 0 Å². The van der Waals surface area contributed by atoms with E-state index in [0.29, 0.717) is 5.92 Å². The Kier molecular flexibility index (Phi) is 4.51. The lowest BCUT2D eigenvalue weighted by Crippen LogP contribution is -2.50. The van der Waals surface area contributed by atoms with Gasteiger partial charge in [0.05, 0.1) is 6.61 Å². The number of hydrogen-bond acceptors (Lipinski definition) is 3. The molecule has 1 aromatic rings. The van der Waals surface area contributed by atoms with Crippen LogP contribution in [0.2, 0.25) is 0 Å². The van der Waals surface area contributed by atoms with E-state index in [9.17, 15) is 0 Å². The third kappa shape index (κ3) is 2.95.